The summed E-state index contributed by atoms with van der Waals surface area (Å²) in [5.74, 6) is -2.52. The van der Waals surface area contributed by atoms with E-state index in [1.165, 1.54) is 0 Å². The van der Waals surface area contributed by atoms with Crippen LogP contribution in [0.5, 0.6) is 0 Å². The number of hydrogen-bond acceptors (Lipinski definition) is 6. The molecule has 1 aliphatic heterocycles. The fraction of sp³-hybridized carbons (Fsp3) is 0.500. The van der Waals surface area contributed by atoms with Crippen molar-refractivity contribution < 1.29 is 31.9 Å². The van der Waals surface area contributed by atoms with Gasteiger partial charge in [0.2, 0.25) is 16.1 Å². The predicted molar refractivity (Wildman–Crippen MR) is 85.9 cm³/mol. The van der Waals surface area contributed by atoms with E-state index in [0.29, 0.717) is 0 Å². The van der Waals surface area contributed by atoms with Gasteiger partial charge >= 0.3 is 11.9 Å². The molecule has 0 aromatic heterocycles. The lowest BCUT2D eigenvalue weighted by Crippen LogP contribution is -2.31. The van der Waals surface area contributed by atoms with Crippen LogP contribution in [0.15, 0.2) is 23.1 Å². The molecule has 0 N–H and O–H groups in total. The summed E-state index contributed by atoms with van der Waals surface area (Å²) in [5, 5.41) is 0. The van der Waals surface area contributed by atoms with Crippen LogP contribution in [-0.4, -0.2) is 50.0 Å². The quantitative estimate of drug-likeness (QED) is 0.705. The van der Waals surface area contributed by atoms with E-state index in [2.05, 4.69) is 0 Å². The number of halogens is 1. The Bertz CT molecular complexity index is 775. The topological polar surface area (TPSA) is 90.0 Å². The van der Waals surface area contributed by atoms with Crippen molar-refractivity contribution in [3.05, 3.63) is 29.6 Å². The van der Waals surface area contributed by atoms with E-state index in [0.717, 1.165) is 22.5 Å². The van der Waals surface area contributed by atoms with E-state index in [1.54, 1.807) is 20.8 Å². The molecule has 1 saturated heterocycles. The molecule has 1 heterocycles. The van der Waals surface area contributed by atoms with Crippen LogP contribution < -0.4 is 0 Å². The molecule has 0 spiro atoms. The van der Waals surface area contributed by atoms with Gasteiger partial charge in [-0.3, -0.25) is 0 Å². The molecule has 1 fully saturated rings. The highest BCUT2D eigenvalue weighted by atomic mass is 32.2. The number of carbonyl (C=O) groups excluding carboxylic acids is 2. The number of ether oxygens (including phenoxy) is 2. The summed E-state index contributed by atoms with van der Waals surface area (Å²) >= 11 is 0. The molecule has 0 amide bonds. The Kier molecular flexibility index (Phi) is 5.79. The zero-order valence-corrected chi connectivity index (χ0v) is 15.0. The Morgan fingerprint density at radius 2 is 2.00 bits per heavy atom. The second-order valence-corrected chi connectivity index (χ2v) is 7.52. The number of carbonyl (C=O) groups is 2. The predicted octanol–water partition coefficient (Wildman–Crippen LogP) is 1.72. The van der Waals surface area contributed by atoms with Crippen LogP contribution >= 0.6 is 0 Å². The second kappa shape index (κ2) is 7.49. The van der Waals surface area contributed by atoms with Gasteiger partial charge in [-0.2, -0.15) is 4.31 Å². The third-order valence-electron chi connectivity index (χ3n) is 3.87. The van der Waals surface area contributed by atoms with E-state index >= 15 is 0 Å². The first-order valence-corrected chi connectivity index (χ1v) is 9.35. The van der Waals surface area contributed by atoms with E-state index in [4.69, 9.17) is 9.47 Å². The maximum atomic E-state index is 14.0. The Morgan fingerprint density at radius 3 is 2.52 bits per heavy atom. The molecule has 9 heteroatoms. The van der Waals surface area contributed by atoms with Crippen molar-refractivity contribution in [1.29, 1.82) is 0 Å². The normalized spacial score (nSPS) is 20.6. The maximum Gasteiger partial charge on any atom is 0.347 e. The molecule has 25 heavy (non-hydrogen) atoms. The fourth-order valence-electron chi connectivity index (χ4n) is 2.54. The Labute approximate surface area is 145 Å². The minimum atomic E-state index is -4.08. The van der Waals surface area contributed by atoms with Crippen molar-refractivity contribution in [3.8, 4) is 0 Å². The molecule has 1 aromatic carbocycles. The molecular weight excluding hydrogens is 353 g/mol. The summed E-state index contributed by atoms with van der Waals surface area (Å²) in [6.45, 7) is 5.25. The number of sulfonamides is 1. The van der Waals surface area contributed by atoms with Gasteiger partial charge in [0.1, 0.15) is 16.8 Å². The van der Waals surface area contributed by atoms with Crippen LogP contribution in [0.3, 0.4) is 0 Å². The number of esters is 2. The van der Waals surface area contributed by atoms with Crippen LogP contribution in [0.1, 0.15) is 37.6 Å². The summed E-state index contributed by atoms with van der Waals surface area (Å²) < 4.78 is 50.1. The highest BCUT2D eigenvalue weighted by molar-refractivity contribution is 7.89. The Morgan fingerprint density at radius 1 is 1.36 bits per heavy atom. The molecule has 7 nitrogen and oxygen atoms in total. The molecule has 138 valence electrons. The SMILES string of the molecule is CCN(CC)S(=O)(=O)c1cc(C(=O)O[C@@H]2C[C@H](C)OC2=O)ccc1F. The maximum absolute atomic E-state index is 14.0. The molecule has 1 aromatic rings. The lowest BCUT2D eigenvalue weighted by atomic mass is 10.2. The highest BCUT2D eigenvalue weighted by Crippen LogP contribution is 2.23. The van der Waals surface area contributed by atoms with Crippen LogP contribution in [0.2, 0.25) is 0 Å². The molecule has 0 aliphatic carbocycles. The van der Waals surface area contributed by atoms with Crippen molar-refractivity contribution in [1.82, 2.24) is 4.31 Å². The van der Waals surface area contributed by atoms with Crippen LogP contribution in [-0.2, 0) is 24.3 Å². The minimum absolute atomic E-state index is 0.153. The van der Waals surface area contributed by atoms with E-state index in [1.807, 2.05) is 0 Å². The summed E-state index contributed by atoms with van der Waals surface area (Å²) in [7, 11) is -4.08. The number of cyclic esters (lactones) is 1. The average molecular weight is 373 g/mol. The first kappa shape index (κ1) is 19.3. The third kappa shape index (κ3) is 3.98. The number of hydrogen-bond donors (Lipinski definition) is 0. The van der Waals surface area contributed by atoms with Crippen LogP contribution in [0.4, 0.5) is 4.39 Å². The van der Waals surface area contributed by atoms with Gasteiger partial charge in [-0.15, -0.1) is 0 Å². The molecular formula is C16H20FNO6S. The smallest absolute Gasteiger partial charge is 0.347 e. The highest BCUT2D eigenvalue weighted by Gasteiger charge is 2.35. The van der Waals surface area contributed by atoms with E-state index in [-0.39, 0.29) is 31.2 Å². The third-order valence-corrected chi connectivity index (χ3v) is 5.93. The Hall–Kier alpha value is -2.00. The first-order valence-electron chi connectivity index (χ1n) is 7.91. The zero-order valence-electron chi connectivity index (χ0n) is 14.2. The van der Waals surface area contributed by atoms with Crippen molar-refractivity contribution >= 4 is 22.0 Å². The minimum Gasteiger partial charge on any atom is -0.460 e. The van der Waals surface area contributed by atoms with Gasteiger partial charge in [0.15, 0.2) is 0 Å². The van der Waals surface area contributed by atoms with Gasteiger partial charge in [-0.25, -0.2) is 22.4 Å². The summed E-state index contributed by atoms with van der Waals surface area (Å²) in [6, 6.07) is 2.93. The number of nitrogens with zero attached hydrogens (tertiary/aromatic N) is 1. The summed E-state index contributed by atoms with van der Waals surface area (Å²) in [5.41, 5.74) is -0.153. The monoisotopic (exact) mass is 373 g/mol. The van der Waals surface area contributed by atoms with E-state index < -0.39 is 38.8 Å². The summed E-state index contributed by atoms with van der Waals surface area (Å²) in [4.78, 5) is 23.1. The van der Waals surface area contributed by atoms with Gasteiger partial charge in [0.25, 0.3) is 0 Å². The van der Waals surface area contributed by atoms with Gasteiger partial charge in [0.05, 0.1) is 5.56 Å². The molecule has 0 radical (unpaired) electrons. The molecule has 2 rings (SSSR count). The molecule has 0 bridgehead atoms. The zero-order chi connectivity index (χ0) is 18.8. The van der Waals surface area contributed by atoms with Crippen LogP contribution in [0.25, 0.3) is 0 Å². The molecule has 2 atom stereocenters. The van der Waals surface area contributed by atoms with Crippen molar-refractivity contribution in [3.63, 3.8) is 0 Å². The van der Waals surface area contributed by atoms with Crippen molar-refractivity contribution in [2.75, 3.05) is 13.1 Å². The summed E-state index contributed by atoms with van der Waals surface area (Å²) in [6.07, 6.45) is -1.19. The number of benzene rings is 1. The average Bonchev–Trinajstić information content (AvgIpc) is 2.85. The Balaban J connectivity index is 2.29. The fourth-order valence-corrected chi connectivity index (χ4v) is 4.09. The van der Waals surface area contributed by atoms with Gasteiger partial charge < -0.3 is 9.47 Å². The lowest BCUT2D eigenvalue weighted by Gasteiger charge is -2.19. The van der Waals surface area contributed by atoms with Gasteiger partial charge in [-0.1, -0.05) is 13.8 Å². The first-order chi connectivity index (χ1) is 11.7. The molecule has 0 saturated carbocycles. The van der Waals surface area contributed by atoms with Crippen LogP contribution in [0, 0.1) is 5.82 Å². The number of rotatable bonds is 6. The lowest BCUT2D eigenvalue weighted by molar-refractivity contribution is -0.147. The standard InChI is InChI=1S/C16H20FNO6S/c1-4-18(5-2)25(21,22)14-9-11(6-7-12(14)17)15(19)24-13-8-10(3)23-16(13)20/h6-7,9-10,13H,4-5,8H2,1-3H3/t10-,13+/m0/s1. The molecule has 0 unspecified atom stereocenters. The van der Waals surface area contributed by atoms with E-state index in [9.17, 15) is 22.4 Å². The van der Waals surface area contributed by atoms with Crippen molar-refractivity contribution in [2.24, 2.45) is 0 Å². The molecule has 1 aliphatic rings. The largest absolute Gasteiger partial charge is 0.460 e. The van der Waals surface area contributed by atoms with Crippen molar-refractivity contribution in [2.45, 2.75) is 44.3 Å². The van der Waals surface area contributed by atoms with Gasteiger partial charge in [-0.05, 0) is 25.1 Å². The second-order valence-electron chi connectivity index (χ2n) is 5.61. The van der Waals surface area contributed by atoms with Gasteiger partial charge in [0, 0.05) is 19.5 Å².